The molecule has 0 radical (unpaired) electrons. The highest BCUT2D eigenvalue weighted by molar-refractivity contribution is 7.20. The Balaban J connectivity index is 2.10. The van der Waals surface area contributed by atoms with Crippen molar-refractivity contribution in [1.82, 2.24) is 4.90 Å². The lowest BCUT2D eigenvalue weighted by Gasteiger charge is -2.18. The molecular formula is C16H18Cl2N2OS. The summed E-state index contributed by atoms with van der Waals surface area (Å²) in [6, 6.07) is 9.44. The van der Waals surface area contributed by atoms with Crippen LogP contribution in [-0.4, -0.2) is 23.9 Å². The molecule has 0 saturated heterocycles. The Labute approximate surface area is 144 Å². The van der Waals surface area contributed by atoms with Crippen molar-refractivity contribution < 1.29 is 4.79 Å². The number of nitrogens with zero attached hydrogens (tertiary/aromatic N) is 1. The van der Waals surface area contributed by atoms with E-state index in [1.54, 1.807) is 6.07 Å². The van der Waals surface area contributed by atoms with Gasteiger partial charge in [0.2, 0.25) is 0 Å². The van der Waals surface area contributed by atoms with Crippen molar-refractivity contribution in [1.29, 1.82) is 0 Å². The molecule has 6 heteroatoms. The summed E-state index contributed by atoms with van der Waals surface area (Å²) in [4.78, 5) is 14.6. The molecule has 0 aliphatic heterocycles. The molecule has 1 amide bonds. The lowest BCUT2D eigenvalue weighted by Crippen LogP contribution is -2.22. The fourth-order valence-electron chi connectivity index (χ4n) is 2.15. The Bertz CT molecular complexity index is 653. The van der Waals surface area contributed by atoms with Gasteiger partial charge in [-0.15, -0.1) is 11.3 Å². The summed E-state index contributed by atoms with van der Waals surface area (Å²) < 4.78 is 0.909. The molecule has 2 rings (SSSR count). The van der Waals surface area contributed by atoms with Crippen LogP contribution in [0, 0.1) is 0 Å². The van der Waals surface area contributed by atoms with E-state index < -0.39 is 0 Å². The van der Waals surface area contributed by atoms with Crippen molar-refractivity contribution in [3.63, 3.8) is 0 Å². The molecule has 0 spiro atoms. The van der Waals surface area contributed by atoms with Crippen LogP contribution in [0.4, 0.5) is 5.69 Å². The maximum Gasteiger partial charge on any atom is 0.258 e. The molecule has 1 N–H and O–H groups in total. The van der Waals surface area contributed by atoms with Crippen molar-refractivity contribution in [2.24, 2.45) is 0 Å². The first-order chi connectivity index (χ1) is 10.5. The molecule has 0 unspecified atom stereocenters. The maximum absolute atomic E-state index is 12.2. The van der Waals surface area contributed by atoms with Crippen molar-refractivity contribution in [2.75, 3.05) is 18.4 Å². The van der Waals surface area contributed by atoms with Gasteiger partial charge in [-0.1, -0.05) is 49.2 Å². The van der Waals surface area contributed by atoms with E-state index in [9.17, 15) is 4.79 Å². The van der Waals surface area contributed by atoms with Gasteiger partial charge in [0.05, 0.1) is 9.90 Å². The first-order valence-electron chi connectivity index (χ1n) is 7.11. The summed E-state index contributed by atoms with van der Waals surface area (Å²) in [6.07, 6.45) is 0. The monoisotopic (exact) mass is 356 g/mol. The minimum absolute atomic E-state index is 0.242. The molecule has 0 saturated carbocycles. The van der Waals surface area contributed by atoms with Gasteiger partial charge in [0.25, 0.3) is 5.91 Å². The van der Waals surface area contributed by atoms with Gasteiger partial charge < -0.3 is 5.32 Å². The van der Waals surface area contributed by atoms with Crippen LogP contribution >= 0.6 is 34.5 Å². The fourth-order valence-corrected chi connectivity index (χ4v) is 3.60. The molecule has 118 valence electrons. The Morgan fingerprint density at radius 1 is 1.23 bits per heavy atom. The Hall–Kier alpha value is -1.07. The summed E-state index contributed by atoms with van der Waals surface area (Å²) in [5, 5.41) is 2.87. The summed E-state index contributed by atoms with van der Waals surface area (Å²) in [7, 11) is 0. The number of carbonyl (C=O) groups excluding carboxylic acids is 1. The molecule has 22 heavy (non-hydrogen) atoms. The highest BCUT2D eigenvalue weighted by Crippen LogP contribution is 2.31. The molecular weight excluding hydrogens is 339 g/mol. The van der Waals surface area contributed by atoms with E-state index in [0.29, 0.717) is 14.2 Å². The number of hydrogen-bond acceptors (Lipinski definition) is 3. The third-order valence-corrected chi connectivity index (χ3v) is 4.87. The van der Waals surface area contributed by atoms with Gasteiger partial charge in [-0.25, -0.2) is 0 Å². The zero-order valence-electron chi connectivity index (χ0n) is 12.5. The molecule has 1 aromatic heterocycles. The second-order valence-corrected chi connectivity index (χ2v) is 7.14. The van der Waals surface area contributed by atoms with Crippen molar-refractivity contribution in [3.05, 3.63) is 50.1 Å². The fraction of sp³-hybridized carbons (Fsp3) is 0.312. The largest absolute Gasteiger partial charge is 0.322 e. The van der Waals surface area contributed by atoms with Crippen LogP contribution in [-0.2, 0) is 6.54 Å². The van der Waals surface area contributed by atoms with Gasteiger partial charge in [-0.05, 0) is 36.9 Å². The Morgan fingerprint density at radius 2 is 1.95 bits per heavy atom. The number of benzene rings is 1. The molecule has 1 heterocycles. The van der Waals surface area contributed by atoms with E-state index in [1.807, 2.05) is 18.2 Å². The molecule has 0 fully saturated rings. The first kappa shape index (κ1) is 17.3. The molecule has 0 bridgehead atoms. The van der Waals surface area contributed by atoms with Gasteiger partial charge in [-0.3, -0.25) is 9.69 Å². The number of hydrogen-bond donors (Lipinski definition) is 1. The van der Waals surface area contributed by atoms with Crippen LogP contribution in [0.5, 0.6) is 0 Å². The van der Waals surface area contributed by atoms with E-state index in [1.165, 1.54) is 11.3 Å². The number of anilines is 1. The van der Waals surface area contributed by atoms with Crippen LogP contribution in [0.1, 0.15) is 29.8 Å². The average Bonchev–Trinajstić information content (AvgIpc) is 2.84. The summed E-state index contributed by atoms with van der Waals surface area (Å²) >= 11 is 13.1. The molecule has 0 aliphatic rings. The van der Waals surface area contributed by atoms with Crippen LogP contribution in [0.25, 0.3) is 0 Å². The van der Waals surface area contributed by atoms with Crippen LogP contribution in [0.2, 0.25) is 8.67 Å². The van der Waals surface area contributed by atoms with E-state index >= 15 is 0 Å². The van der Waals surface area contributed by atoms with E-state index in [0.717, 1.165) is 30.9 Å². The average molecular weight is 357 g/mol. The molecule has 1 aromatic carbocycles. The van der Waals surface area contributed by atoms with Crippen molar-refractivity contribution in [3.8, 4) is 0 Å². The van der Waals surface area contributed by atoms with Gasteiger partial charge >= 0.3 is 0 Å². The number of carbonyl (C=O) groups is 1. The third-order valence-electron chi connectivity index (χ3n) is 3.39. The number of rotatable bonds is 6. The number of amides is 1. The van der Waals surface area contributed by atoms with Crippen LogP contribution in [0.15, 0.2) is 30.3 Å². The minimum Gasteiger partial charge on any atom is -0.322 e. The maximum atomic E-state index is 12.2. The van der Waals surface area contributed by atoms with Gasteiger partial charge in [-0.2, -0.15) is 0 Å². The number of halogens is 2. The van der Waals surface area contributed by atoms with Crippen molar-refractivity contribution in [2.45, 2.75) is 20.4 Å². The lowest BCUT2D eigenvalue weighted by atomic mass is 10.2. The standard InChI is InChI=1S/C16H18Cl2N2OS/c1-3-20(4-2)10-11-6-5-7-12(8-11)19-16(21)13-9-14(17)22-15(13)18/h5-9H,3-4,10H2,1-2H3,(H,19,21). The topological polar surface area (TPSA) is 32.3 Å². The molecule has 3 nitrogen and oxygen atoms in total. The molecule has 0 atom stereocenters. The minimum atomic E-state index is -0.242. The predicted octanol–water partition coefficient (Wildman–Crippen LogP) is 5.15. The second-order valence-electron chi connectivity index (χ2n) is 4.85. The normalized spacial score (nSPS) is 11.0. The zero-order chi connectivity index (χ0) is 16.1. The highest BCUT2D eigenvalue weighted by Gasteiger charge is 2.14. The lowest BCUT2D eigenvalue weighted by molar-refractivity contribution is 0.102. The Morgan fingerprint density at radius 3 is 2.55 bits per heavy atom. The summed E-state index contributed by atoms with van der Waals surface area (Å²) in [5.41, 5.74) is 2.33. The van der Waals surface area contributed by atoms with E-state index in [4.69, 9.17) is 23.2 Å². The van der Waals surface area contributed by atoms with Gasteiger partial charge in [0, 0.05) is 12.2 Å². The zero-order valence-corrected chi connectivity index (χ0v) is 14.9. The van der Waals surface area contributed by atoms with E-state index in [2.05, 4.69) is 30.1 Å². The number of nitrogens with one attached hydrogen (secondary N) is 1. The van der Waals surface area contributed by atoms with Gasteiger partial charge in [0.15, 0.2) is 0 Å². The highest BCUT2D eigenvalue weighted by atomic mass is 35.5. The number of thiophene rings is 1. The summed E-state index contributed by atoms with van der Waals surface area (Å²) in [6.45, 7) is 7.13. The SMILES string of the molecule is CCN(CC)Cc1cccc(NC(=O)c2cc(Cl)sc2Cl)c1. The summed E-state index contributed by atoms with van der Waals surface area (Å²) in [5.74, 6) is -0.242. The van der Waals surface area contributed by atoms with E-state index in [-0.39, 0.29) is 5.91 Å². The van der Waals surface area contributed by atoms with Crippen molar-refractivity contribution >= 4 is 46.1 Å². The third kappa shape index (κ3) is 4.46. The predicted molar refractivity (Wildman–Crippen MR) is 95.4 cm³/mol. The smallest absolute Gasteiger partial charge is 0.258 e. The van der Waals surface area contributed by atoms with Crippen LogP contribution in [0.3, 0.4) is 0 Å². The molecule has 0 aliphatic carbocycles. The van der Waals surface area contributed by atoms with Gasteiger partial charge in [0.1, 0.15) is 4.34 Å². The first-order valence-corrected chi connectivity index (χ1v) is 8.68. The quantitative estimate of drug-likeness (QED) is 0.776. The molecule has 2 aromatic rings. The second kappa shape index (κ2) is 7.97. The Kier molecular flexibility index (Phi) is 6.26. The van der Waals surface area contributed by atoms with Crippen LogP contribution < -0.4 is 5.32 Å².